The normalized spacial score (nSPS) is 14.8. The zero-order valence-electron chi connectivity index (χ0n) is 22.8. The van der Waals surface area contributed by atoms with E-state index in [1.165, 1.54) is 11.8 Å². The summed E-state index contributed by atoms with van der Waals surface area (Å²) < 4.78 is 5.67. The third-order valence-electron chi connectivity index (χ3n) is 6.59. The Balaban J connectivity index is 1.61. The zero-order valence-corrected chi connectivity index (χ0v) is 24.4. The summed E-state index contributed by atoms with van der Waals surface area (Å²) >= 11 is 7.79. The van der Waals surface area contributed by atoms with Crippen LogP contribution in [0.25, 0.3) is 0 Å². The number of hydrogen-bond acceptors (Lipinski definition) is 6. The number of rotatable bonds is 8. The van der Waals surface area contributed by atoms with Crippen LogP contribution >= 0.6 is 23.4 Å². The van der Waals surface area contributed by atoms with Gasteiger partial charge >= 0.3 is 5.97 Å². The van der Waals surface area contributed by atoms with Crippen molar-refractivity contribution in [3.63, 3.8) is 0 Å². The number of thioether (sulfide) groups is 1. The molecule has 0 spiro atoms. The molecule has 1 atom stereocenters. The second kappa shape index (κ2) is 12.9. The van der Waals surface area contributed by atoms with Gasteiger partial charge in [0.15, 0.2) is 0 Å². The van der Waals surface area contributed by atoms with Gasteiger partial charge in [-0.2, -0.15) is 5.26 Å². The molecule has 8 heteroatoms. The van der Waals surface area contributed by atoms with Crippen molar-refractivity contribution >= 4 is 40.9 Å². The number of halogens is 1. The maximum absolute atomic E-state index is 13.4. The van der Waals surface area contributed by atoms with E-state index in [1.807, 2.05) is 69.3 Å². The first kappa shape index (κ1) is 29.0. The van der Waals surface area contributed by atoms with Crippen LogP contribution in [0, 0.1) is 32.1 Å². The summed E-state index contributed by atoms with van der Waals surface area (Å²) in [6.07, 6.45) is 0. The maximum Gasteiger partial charge on any atom is 0.337 e. The Morgan fingerprint density at radius 1 is 1.02 bits per heavy atom. The summed E-state index contributed by atoms with van der Waals surface area (Å²) in [5.41, 5.74) is 6.49. The molecule has 0 saturated carbocycles. The number of benzene rings is 3. The zero-order chi connectivity index (χ0) is 28.8. The van der Waals surface area contributed by atoms with E-state index in [0.29, 0.717) is 32.5 Å². The van der Waals surface area contributed by atoms with Crippen LogP contribution in [0.4, 0.5) is 5.69 Å². The molecule has 0 bridgehead atoms. The first-order valence-corrected chi connectivity index (χ1v) is 14.1. The van der Waals surface area contributed by atoms with Crippen LogP contribution < -0.4 is 10.6 Å². The number of aryl methyl sites for hydroxylation is 3. The number of nitriles is 1. The number of allylic oxidation sites excluding steroid dienone is 2. The van der Waals surface area contributed by atoms with E-state index in [-0.39, 0.29) is 18.3 Å². The number of nitrogens with one attached hydrogen (secondary N) is 2. The fourth-order valence-electron chi connectivity index (χ4n) is 4.81. The highest BCUT2D eigenvalue weighted by molar-refractivity contribution is 8.03. The van der Waals surface area contributed by atoms with Gasteiger partial charge in [-0.3, -0.25) is 4.79 Å². The molecule has 3 aromatic rings. The van der Waals surface area contributed by atoms with Gasteiger partial charge in [0, 0.05) is 16.4 Å². The minimum atomic E-state index is -0.754. The molecule has 0 radical (unpaired) electrons. The van der Waals surface area contributed by atoms with Gasteiger partial charge in [0.1, 0.15) is 6.61 Å². The number of amides is 1. The van der Waals surface area contributed by atoms with Gasteiger partial charge in [-0.1, -0.05) is 89.6 Å². The van der Waals surface area contributed by atoms with E-state index >= 15 is 0 Å². The Hall–Kier alpha value is -3.99. The van der Waals surface area contributed by atoms with Crippen molar-refractivity contribution in [1.82, 2.24) is 5.32 Å². The number of esters is 1. The van der Waals surface area contributed by atoms with E-state index < -0.39 is 11.9 Å². The Kier molecular flexibility index (Phi) is 9.36. The lowest BCUT2D eigenvalue weighted by molar-refractivity contribution is -0.140. The summed E-state index contributed by atoms with van der Waals surface area (Å²) in [5.74, 6) is -1.43. The highest BCUT2D eigenvalue weighted by atomic mass is 35.5. The number of anilines is 1. The monoisotopic (exact) mass is 571 g/mol. The number of carbonyl (C=O) groups is 2. The third kappa shape index (κ3) is 6.59. The van der Waals surface area contributed by atoms with E-state index in [0.717, 1.165) is 27.9 Å². The van der Waals surface area contributed by atoms with Crippen LogP contribution in [-0.4, -0.2) is 17.6 Å². The molecule has 40 heavy (non-hydrogen) atoms. The molecular formula is C32H30ClN3O3S. The van der Waals surface area contributed by atoms with Crippen molar-refractivity contribution in [3.05, 3.63) is 121 Å². The SMILES string of the molecule is CC1=C(C(=O)OCc2ccccc2)[C@H](c2ccccc2Cl)C(C#N)=C(SCC(=O)Nc2c(C)cc(C)cc2C)N1. The largest absolute Gasteiger partial charge is 0.457 e. The van der Waals surface area contributed by atoms with Crippen LogP contribution in [0.5, 0.6) is 0 Å². The lowest BCUT2D eigenvalue weighted by Crippen LogP contribution is -2.29. The van der Waals surface area contributed by atoms with Crippen LogP contribution in [-0.2, 0) is 20.9 Å². The molecule has 1 aliphatic heterocycles. The Morgan fingerprint density at radius 2 is 1.68 bits per heavy atom. The fourth-order valence-corrected chi connectivity index (χ4v) is 5.95. The predicted molar refractivity (Wildman–Crippen MR) is 161 cm³/mol. The lowest BCUT2D eigenvalue weighted by Gasteiger charge is -2.29. The van der Waals surface area contributed by atoms with Gasteiger partial charge in [-0.15, -0.1) is 0 Å². The van der Waals surface area contributed by atoms with Crippen molar-refractivity contribution in [2.24, 2.45) is 0 Å². The van der Waals surface area contributed by atoms with Gasteiger partial charge in [0.2, 0.25) is 5.91 Å². The van der Waals surface area contributed by atoms with E-state index in [1.54, 1.807) is 25.1 Å². The lowest BCUT2D eigenvalue weighted by atomic mass is 9.82. The Bertz CT molecular complexity index is 1530. The molecule has 204 valence electrons. The number of ether oxygens (including phenoxy) is 1. The highest BCUT2D eigenvalue weighted by Gasteiger charge is 2.36. The highest BCUT2D eigenvalue weighted by Crippen LogP contribution is 2.43. The second-order valence-corrected chi connectivity index (χ2v) is 11.0. The van der Waals surface area contributed by atoms with Gasteiger partial charge in [0.05, 0.1) is 33.9 Å². The average Bonchev–Trinajstić information content (AvgIpc) is 2.93. The minimum Gasteiger partial charge on any atom is -0.457 e. The summed E-state index contributed by atoms with van der Waals surface area (Å²) in [6.45, 7) is 7.79. The number of nitrogens with zero attached hydrogens (tertiary/aromatic N) is 1. The molecular weight excluding hydrogens is 542 g/mol. The van der Waals surface area contributed by atoms with E-state index in [2.05, 4.69) is 16.7 Å². The van der Waals surface area contributed by atoms with Crippen molar-refractivity contribution in [3.8, 4) is 6.07 Å². The fraction of sp³-hybridized carbons (Fsp3) is 0.219. The quantitative estimate of drug-likeness (QED) is 0.281. The van der Waals surface area contributed by atoms with Crippen LogP contribution in [0.3, 0.4) is 0 Å². The molecule has 0 aromatic heterocycles. The summed E-state index contributed by atoms with van der Waals surface area (Å²) in [5, 5.41) is 17.4. The van der Waals surface area contributed by atoms with E-state index in [9.17, 15) is 14.9 Å². The van der Waals surface area contributed by atoms with Crippen molar-refractivity contribution in [1.29, 1.82) is 5.26 Å². The Labute approximate surface area is 244 Å². The van der Waals surface area contributed by atoms with Crippen molar-refractivity contribution < 1.29 is 14.3 Å². The third-order valence-corrected chi connectivity index (χ3v) is 7.95. The maximum atomic E-state index is 13.4. The molecule has 1 heterocycles. The Morgan fingerprint density at radius 3 is 2.33 bits per heavy atom. The van der Waals surface area contributed by atoms with Gasteiger partial charge in [0.25, 0.3) is 0 Å². The first-order valence-electron chi connectivity index (χ1n) is 12.8. The molecule has 1 amide bonds. The second-order valence-electron chi connectivity index (χ2n) is 9.65. The standard InChI is InChI=1S/C32H30ClN3O3S/c1-19-14-20(2)30(21(3)15-19)36-27(37)18-40-31-25(16-34)29(24-12-8-9-13-26(24)33)28(22(4)35-31)32(38)39-17-23-10-6-5-7-11-23/h5-15,29,35H,17-18H2,1-4H3,(H,36,37)/t29-/m1/s1. The minimum absolute atomic E-state index is 0.0661. The van der Waals surface area contributed by atoms with E-state index in [4.69, 9.17) is 16.3 Å². The summed E-state index contributed by atoms with van der Waals surface area (Å²) in [7, 11) is 0. The average molecular weight is 572 g/mol. The number of carbonyl (C=O) groups excluding carboxylic acids is 2. The molecule has 2 N–H and O–H groups in total. The van der Waals surface area contributed by atoms with Crippen LogP contribution in [0.1, 0.15) is 40.7 Å². The molecule has 6 nitrogen and oxygen atoms in total. The molecule has 1 aliphatic rings. The molecule has 0 aliphatic carbocycles. The van der Waals surface area contributed by atoms with Crippen LogP contribution in [0.15, 0.2) is 88.6 Å². The summed E-state index contributed by atoms with van der Waals surface area (Å²) in [6, 6.07) is 22.8. The van der Waals surface area contributed by atoms with Crippen molar-refractivity contribution in [2.75, 3.05) is 11.1 Å². The first-order chi connectivity index (χ1) is 19.2. The molecule has 0 saturated heterocycles. The molecule has 3 aromatic carbocycles. The molecule has 0 fully saturated rings. The number of hydrogen-bond donors (Lipinski definition) is 2. The molecule has 4 rings (SSSR count). The number of dihydropyridines is 1. The summed E-state index contributed by atoms with van der Waals surface area (Å²) in [4.78, 5) is 26.4. The van der Waals surface area contributed by atoms with Gasteiger partial charge in [-0.25, -0.2) is 4.79 Å². The predicted octanol–water partition coefficient (Wildman–Crippen LogP) is 7.08. The van der Waals surface area contributed by atoms with Gasteiger partial charge < -0.3 is 15.4 Å². The van der Waals surface area contributed by atoms with Crippen molar-refractivity contribution in [2.45, 2.75) is 40.2 Å². The smallest absolute Gasteiger partial charge is 0.337 e. The molecule has 0 unspecified atom stereocenters. The topological polar surface area (TPSA) is 91.2 Å². The van der Waals surface area contributed by atoms with Crippen LogP contribution in [0.2, 0.25) is 5.02 Å². The van der Waals surface area contributed by atoms with Gasteiger partial charge in [-0.05, 0) is 56.0 Å².